The van der Waals surface area contributed by atoms with Crippen molar-refractivity contribution in [2.24, 2.45) is 4.99 Å². The fourth-order valence-corrected chi connectivity index (χ4v) is 4.12. The van der Waals surface area contributed by atoms with Gasteiger partial charge in [-0.1, -0.05) is 0 Å². The van der Waals surface area contributed by atoms with E-state index in [2.05, 4.69) is 60.8 Å². The minimum Gasteiger partial charge on any atom is -0.462 e. The van der Waals surface area contributed by atoms with Crippen molar-refractivity contribution in [1.82, 2.24) is 5.32 Å². The maximum Gasteiger partial charge on any atom is 0.435 e. The molecule has 2 N–H and O–H groups in total. The molecule has 1 aromatic rings. The van der Waals surface area contributed by atoms with Gasteiger partial charge in [-0.15, -0.1) is 0 Å². The largest absolute Gasteiger partial charge is 0.462 e. The van der Waals surface area contributed by atoms with Crippen molar-refractivity contribution in [3.63, 3.8) is 0 Å². The van der Waals surface area contributed by atoms with Crippen LogP contribution in [0.2, 0.25) is 0 Å². The van der Waals surface area contributed by atoms with Crippen LogP contribution >= 0.6 is 45.2 Å². The van der Waals surface area contributed by atoms with Gasteiger partial charge < -0.3 is 20.1 Å². The van der Waals surface area contributed by atoms with Crippen LogP contribution in [0.1, 0.15) is 45.0 Å². The smallest absolute Gasteiger partial charge is 0.435 e. The normalized spacial score (nSPS) is 11.7. The number of esters is 1. The maximum atomic E-state index is 11.9. The van der Waals surface area contributed by atoms with E-state index in [-0.39, 0.29) is 5.97 Å². The minimum absolute atomic E-state index is 0.324. The second kappa shape index (κ2) is 11.0. The molecule has 0 radical (unpaired) electrons. The average Bonchev–Trinajstić information content (AvgIpc) is 2.51. The summed E-state index contributed by atoms with van der Waals surface area (Å²) in [5.41, 5.74) is 0.924. The van der Waals surface area contributed by atoms with E-state index in [0.717, 1.165) is 12.8 Å². The Morgan fingerprint density at radius 1 is 1.15 bits per heavy atom. The van der Waals surface area contributed by atoms with E-state index in [1.807, 2.05) is 0 Å². The number of nitrogens with one attached hydrogen (secondary N) is 2. The molecule has 0 bridgehead atoms. The molecule has 0 unspecified atom stereocenters. The highest BCUT2D eigenvalue weighted by atomic mass is 127. The molecule has 0 aliphatic carbocycles. The van der Waals surface area contributed by atoms with Crippen molar-refractivity contribution in [2.45, 2.75) is 40.2 Å². The van der Waals surface area contributed by atoms with Crippen molar-refractivity contribution in [1.29, 1.82) is 0 Å². The Labute approximate surface area is 187 Å². The molecule has 0 spiro atoms. The average molecular weight is 601 g/mol. The van der Waals surface area contributed by atoms with E-state index < -0.39 is 11.7 Å². The fraction of sp³-hybridized carbons (Fsp3) is 0.500. The number of carbonyl (C=O) groups excluding carboxylic acids is 2. The Morgan fingerprint density at radius 2 is 1.74 bits per heavy atom. The first-order chi connectivity index (χ1) is 12.5. The quantitative estimate of drug-likeness (QED) is 0.165. The Balaban J connectivity index is 2.57. The lowest BCUT2D eigenvalue weighted by Crippen LogP contribution is -2.29. The number of halogens is 2. The third-order valence-corrected chi connectivity index (χ3v) is 4.71. The number of hydrogen-bond acceptors (Lipinski definition) is 5. The number of rotatable bonds is 6. The zero-order valence-corrected chi connectivity index (χ0v) is 20.4. The van der Waals surface area contributed by atoms with E-state index in [1.165, 1.54) is 0 Å². The van der Waals surface area contributed by atoms with Crippen LogP contribution in [0.3, 0.4) is 0 Å². The highest BCUT2D eigenvalue weighted by molar-refractivity contribution is 14.1. The van der Waals surface area contributed by atoms with Crippen LogP contribution < -0.4 is 10.6 Å². The Morgan fingerprint density at radius 3 is 2.26 bits per heavy atom. The van der Waals surface area contributed by atoms with Crippen molar-refractivity contribution in [2.75, 3.05) is 25.0 Å². The van der Waals surface area contributed by atoms with Crippen molar-refractivity contribution < 1.29 is 19.1 Å². The number of carbonyl (C=O) groups is 2. The molecule has 0 atom stereocenters. The molecule has 1 aromatic carbocycles. The first-order valence-electron chi connectivity index (χ1n) is 8.45. The molecule has 150 valence electrons. The van der Waals surface area contributed by atoms with Crippen molar-refractivity contribution in [3.05, 3.63) is 24.8 Å². The summed E-state index contributed by atoms with van der Waals surface area (Å²) in [6, 6.07) is 3.59. The van der Waals surface area contributed by atoms with Gasteiger partial charge in [0.25, 0.3) is 0 Å². The summed E-state index contributed by atoms with van der Waals surface area (Å²) in [7, 11) is 0. The first-order valence-corrected chi connectivity index (χ1v) is 10.6. The van der Waals surface area contributed by atoms with Crippen LogP contribution in [0.4, 0.5) is 10.5 Å². The summed E-state index contributed by atoms with van der Waals surface area (Å²) in [6.07, 6.45) is -0.612. The molecule has 0 saturated heterocycles. The predicted octanol–water partition coefficient (Wildman–Crippen LogP) is 4.43. The lowest BCUT2D eigenvalue weighted by Gasteiger charge is -2.17. The van der Waals surface area contributed by atoms with E-state index in [0.29, 0.717) is 31.1 Å². The zero-order chi connectivity index (χ0) is 20.6. The van der Waals surface area contributed by atoms with Gasteiger partial charge in [0.1, 0.15) is 11.4 Å². The maximum absolute atomic E-state index is 11.9. The molecule has 0 heterocycles. The lowest BCUT2D eigenvalue weighted by atomic mass is 10.2. The zero-order valence-electron chi connectivity index (χ0n) is 16.1. The Kier molecular flexibility index (Phi) is 9.77. The van der Waals surface area contributed by atoms with Crippen LogP contribution in [0.25, 0.3) is 0 Å². The van der Waals surface area contributed by atoms with E-state index >= 15 is 0 Å². The van der Waals surface area contributed by atoms with E-state index in [1.54, 1.807) is 46.8 Å². The Bertz CT molecular complexity index is 692. The van der Waals surface area contributed by atoms with Gasteiger partial charge in [0, 0.05) is 20.2 Å². The molecule has 27 heavy (non-hydrogen) atoms. The van der Waals surface area contributed by atoms with Crippen LogP contribution in [-0.2, 0) is 9.47 Å². The highest BCUT2D eigenvalue weighted by Gasteiger charge is 2.16. The molecule has 1 amide bonds. The van der Waals surface area contributed by atoms with Crippen LogP contribution in [0.5, 0.6) is 0 Å². The number of benzene rings is 1. The highest BCUT2D eigenvalue weighted by Crippen LogP contribution is 2.26. The third kappa shape index (κ3) is 9.08. The minimum atomic E-state index is -0.612. The van der Waals surface area contributed by atoms with Crippen LogP contribution in [0, 0.1) is 7.14 Å². The first kappa shape index (κ1) is 23.9. The van der Waals surface area contributed by atoms with Crippen LogP contribution in [-0.4, -0.2) is 43.2 Å². The molecule has 1 rings (SSSR count). The van der Waals surface area contributed by atoms with Gasteiger partial charge in [0.2, 0.25) is 0 Å². The molecule has 0 aliphatic rings. The predicted molar refractivity (Wildman–Crippen MR) is 124 cm³/mol. The molecule has 0 aromatic heterocycles. The van der Waals surface area contributed by atoms with Gasteiger partial charge in [-0.2, -0.15) is 4.99 Å². The van der Waals surface area contributed by atoms with E-state index in [9.17, 15) is 9.59 Å². The van der Waals surface area contributed by atoms with Gasteiger partial charge in [0.05, 0.1) is 17.9 Å². The number of nitrogens with zero attached hydrogens (tertiary/aromatic N) is 1. The summed E-state index contributed by atoms with van der Waals surface area (Å²) in [4.78, 5) is 27.4. The molecule has 9 heteroatoms. The number of amides is 1. The molecule has 0 fully saturated rings. The summed E-state index contributed by atoms with van der Waals surface area (Å²) < 4.78 is 12.0. The SMILES string of the molecule is CCOC(=O)c1cc(I)c(NCCN/C(C)=N\C(=O)OC(C)(C)C)c(I)c1. The molecular weight excluding hydrogens is 576 g/mol. The topological polar surface area (TPSA) is 89.0 Å². The third-order valence-electron chi connectivity index (χ3n) is 3.01. The van der Waals surface area contributed by atoms with E-state index in [4.69, 9.17) is 9.47 Å². The number of ether oxygens (including phenoxy) is 2. The summed E-state index contributed by atoms with van der Waals surface area (Å²) in [5.74, 6) is 0.170. The summed E-state index contributed by atoms with van der Waals surface area (Å²) in [5, 5.41) is 6.39. The van der Waals surface area contributed by atoms with Gasteiger partial charge in [-0.05, 0) is 91.9 Å². The van der Waals surface area contributed by atoms with Crippen molar-refractivity contribution >= 4 is 68.8 Å². The summed E-state index contributed by atoms with van der Waals surface area (Å²) >= 11 is 4.37. The van der Waals surface area contributed by atoms with Gasteiger partial charge in [-0.3, -0.25) is 0 Å². The van der Waals surface area contributed by atoms with Gasteiger partial charge in [-0.25, -0.2) is 9.59 Å². The fourth-order valence-electron chi connectivity index (χ4n) is 1.97. The van der Waals surface area contributed by atoms with Gasteiger partial charge >= 0.3 is 12.1 Å². The lowest BCUT2D eigenvalue weighted by molar-refractivity contribution is 0.0524. The molecule has 7 nitrogen and oxygen atoms in total. The number of amidine groups is 1. The van der Waals surface area contributed by atoms with Crippen LogP contribution in [0.15, 0.2) is 17.1 Å². The second-order valence-corrected chi connectivity index (χ2v) is 8.89. The number of anilines is 1. The summed E-state index contributed by atoms with van der Waals surface area (Å²) in [6.45, 7) is 10.4. The molecule has 0 saturated carbocycles. The van der Waals surface area contributed by atoms with Gasteiger partial charge in [0.15, 0.2) is 0 Å². The second-order valence-electron chi connectivity index (χ2n) is 6.57. The molecular formula is C18H25I2N3O4. The monoisotopic (exact) mass is 601 g/mol. The standard InChI is InChI=1S/C18H25I2N3O4/c1-6-26-16(24)12-9-13(19)15(14(20)10-12)22-8-7-21-11(2)23-17(25)27-18(3,4)5/h9-10,22H,6-8H2,1-5H3,(H,21,23,25). The Hall–Kier alpha value is -1.11. The number of aliphatic imine (C=N–C) groups is 1. The molecule has 0 aliphatic heterocycles. The number of hydrogen-bond donors (Lipinski definition) is 2. The van der Waals surface area contributed by atoms with Crippen molar-refractivity contribution in [3.8, 4) is 0 Å².